The van der Waals surface area contributed by atoms with Crippen molar-refractivity contribution < 1.29 is 18.4 Å². The van der Waals surface area contributed by atoms with Gasteiger partial charge in [-0.1, -0.05) is 60.7 Å². The number of anilines is 1. The van der Waals surface area contributed by atoms with Crippen LogP contribution in [0.1, 0.15) is 21.5 Å². The summed E-state index contributed by atoms with van der Waals surface area (Å²) in [6.45, 7) is 0. The highest BCUT2D eigenvalue weighted by atomic mass is 19.1. The van der Waals surface area contributed by atoms with Crippen molar-refractivity contribution in [1.82, 2.24) is 5.32 Å². The number of halogens is 2. The molecular weight excluding hydrogens is 362 g/mol. The molecule has 3 aromatic rings. The van der Waals surface area contributed by atoms with Gasteiger partial charge in [0.1, 0.15) is 17.2 Å². The minimum atomic E-state index is -1.16. The van der Waals surface area contributed by atoms with Gasteiger partial charge in [-0.25, -0.2) is 13.6 Å². The predicted molar refractivity (Wildman–Crippen MR) is 105 cm³/mol. The van der Waals surface area contributed by atoms with E-state index < -0.39 is 29.1 Å². The molecule has 0 fully saturated rings. The zero-order valence-corrected chi connectivity index (χ0v) is 14.7. The van der Waals surface area contributed by atoms with E-state index >= 15 is 0 Å². The van der Waals surface area contributed by atoms with Crippen LogP contribution in [0.4, 0.5) is 19.3 Å². The Morgan fingerprint density at radius 2 is 1.29 bits per heavy atom. The summed E-state index contributed by atoms with van der Waals surface area (Å²) in [5.74, 6) is -3.24. The Hall–Kier alpha value is -3.80. The first-order valence-corrected chi connectivity index (χ1v) is 8.42. The quantitative estimate of drug-likeness (QED) is 0.621. The molecule has 0 heterocycles. The Kier molecular flexibility index (Phi) is 5.91. The lowest BCUT2D eigenvalue weighted by molar-refractivity contribution is 0.0959. The van der Waals surface area contributed by atoms with Crippen molar-refractivity contribution in [2.75, 3.05) is 5.32 Å². The van der Waals surface area contributed by atoms with Gasteiger partial charge in [0.15, 0.2) is 0 Å². The Labute approximate surface area is 160 Å². The van der Waals surface area contributed by atoms with Gasteiger partial charge in [0, 0.05) is 5.69 Å². The van der Waals surface area contributed by atoms with Crippen molar-refractivity contribution in [3.05, 3.63) is 101 Å². The van der Waals surface area contributed by atoms with Gasteiger partial charge in [-0.15, -0.1) is 0 Å². The lowest BCUT2D eigenvalue weighted by atomic mass is 10.1. The fourth-order valence-electron chi connectivity index (χ4n) is 2.48. The third-order valence-electron chi connectivity index (χ3n) is 3.85. The number of rotatable bonds is 4. The van der Waals surface area contributed by atoms with Gasteiger partial charge >= 0.3 is 6.03 Å². The van der Waals surface area contributed by atoms with Crippen LogP contribution in [0.15, 0.2) is 72.8 Å². The molecule has 4 nitrogen and oxygen atoms in total. The van der Waals surface area contributed by atoms with Crippen molar-refractivity contribution >= 4 is 29.8 Å². The van der Waals surface area contributed by atoms with E-state index in [-0.39, 0.29) is 0 Å². The topological polar surface area (TPSA) is 58.2 Å². The van der Waals surface area contributed by atoms with E-state index in [0.29, 0.717) is 5.69 Å². The molecule has 28 heavy (non-hydrogen) atoms. The zero-order chi connectivity index (χ0) is 19.9. The van der Waals surface area contributed by atoms with Crippen LogP contribution < -0.4 is 10.6 Å². The molecule has 0 saturated heterocycles. The van der Waals surface area contributed by atoms with Crippen LogP contribution >= 0.6 is 0 Å². The number of benzene rings is 3. The summed E-state index contributed by atoms with van der Waals surface area (Å²) in [5.41, 5.74) is 1.59. The molecule has 6 heteroatoms. The molecule has 0 atom stereocenters. The van der Waals surface area contributed by atoms with Gasteiger partial charge in [0.25, 0.3) is 5.91 Å². The number of imide groups is 1. The molecule has 0 radical (unpaired) electrons. The molecule has 0 bridgehead atoms. The Morgan fingerprint density at radius 3 is 1.89 bits per heavy atom. The molecule has 0 aliphatic rings. The molecule has 0 aliphatic heterocycles. The highest BCUT2D eigenvalue weighted by Gasteiger charge is 2.19. The van der Waals surface area contributed by atoms with Gasteiger partial charge in [0.2, 0.25) is 0 Å². The average Bonchev–Trinajstić information content (AvgIpc) is 2.68. The molecule has 3 aromatic carbocycles. The fourth-order valence-corrected chi connectivity index (χ4v) is 2.48. The van der Waals surface area contributed by atoms with Gasteiger partial charge in [-0.05, 0) is 35.4 Å². The summed E-state index contributed by atoms with van der Waals surface area (Å²) >= 11 is 0. The molecular formula is C22H16F2N2O2. The van der Waals surface area contributed by atoms with Gasteiger partial charge in [-0.3, -0.25) is 10.1 Å². The Balaban J connectivity index is 1.60. The number of amides is 3. The number of urea groups is 1. The molecule has 0 saturated carbocycles. The van der Waals surface area contributed by atoms with Crippen LogP contribution in [0, 0.1) is 11.6 Å². The lowest BCUT2D eigenvalue weighted by Gasteiger charge is -2.08. The van der Waals surface area contributed by atoms with E-state index in [4.69, 9.17) is 0 Å². The fraction of sp³-hybridized carbons (Fsp3) is 0. The monoisotopic (exact) mass is 378 g/mol. The first-order valence-electron chi connectivity index (χ1n) is 8.42. The van der Waals surface area contributed by atoms with Gasteiger partial charge in [-0.2, -0.15) is 0 Å². The van der Waals surface area contributed by atoms with Crippen LogP contribution in [0.25, 0.3) is 12.2 Å². The van der Waals surface area contributed by atoms with E-state index in [1.165, 1.54) is 0 Å². The summed E-state index contributed by atoms with van der Waals surface area (Å²) in [7, 11) is 0. The Morgan fingerprint density at radius 1 is 0.714 bits per heavy atom. The molecule has 2 N–H and O–H groups in total. The Bertz CT molecular complexity index is 996. The standard InChI is InChI=1S/C22H16F2N2O2/c23-18-7-4-8-19(24)20(18)21(27)26-22(28)25-17-13-11-16(12-14-17)10-9-15-5-2-1-3-6-15/h1-14H,(H2,25,26,27,28)/b10-9+. The lowest BCUT2D eigenvalue weighted by Crippen LogP contribution is -2.35. The summed E-state index contributed by atoms with van der Waals surface area (Å²) in [5, 5.41) is 4.35. The van der Waals surface area contributed by atoms with E-state index in [1.54, 1.807) is 24.3 Å². The van der Waals surface area contributed by atoms with E-state index in [1.807, 2.05) is 47.8 Å². The van der Waals surface area contributed by atoms with Crippen LogP contribution in [-0.2, 0) is 0 Å². The minimum absolute atomic E-state index is 0.427. The van der Waals surface area contributed by atoms with E-state index in [0.717, 1.165) is 29.3 Å². The van der Waals surface area contributed by atoms with E-state index in [2.05, 4.69) is 5.32 Å². The average molecular weight is 378 g/mol. The third kappa shape index (κ3) is 4.88. The molecule has 0 aromatic heterocycles. The van der Waals surface area contributed by atoms with E-state index in [9.17, 15) is 18.4 Å². The molecule has 0 unspecified atom stereocenters. The highest BCUT2D eigenvalue weighted by molar-refractivity contribution is 6.08. The summed E-state index contributed by atoms with van der Waals surface area (Å²) in [6, 6.07) is 18.8. The smallest absolute Gasteiger partial charge is 0.308 e. The zero-order valence-electron chi connectivity index (χ0n) is 14.7. The summed E-state index contributed by atoms with van der Waals surface area (Å²) in [4.78, 5) is 23.8. The van der Waals surface area contributed by atoms with Gasteiger partial charge in [0.05, 0.1) is 0 Å². The predicted octanol–water partition coefficient (Wildman–Crippen LogP) is 5.10. The van der Waals surface area contributed by atoms with Crippen molar-refractivity contribution in [3.63, 3.8) is 0 Å². The number of carbonyl (C=O) groups is 2. The second-order valence-electron chi connectivity index (χ2n) is 5.87. The largest absolute Gasteiger partial charge is 0.326 e. The first kappa shape index (κ1) is 19.0. The van der Waals surface area contributed by atoms with Crippen LogP contribution in [-0.4, -0.2) is 11.9 Å². The van der Waals surface area contributed by atoms with Crippen LogP contribution in [0.5, 0.6) is 0 Å². The van der Waals surface area contributed by atoms with Crippen molar-refractivity contribution in [2.45, 2.75) is 0 Å². The normalized spacial score (nSPS) is 10.6. The number of hydrogen-bond acceptors (Lipinski definition) is 2. The second kappa shape index (κ2) is 8.73. The molecule has 0 aliphatic carbocycles. The van der Waals surface area contributed by atoms with Crippen molar-refractivity contribution in [1.29, 1.82) is 0 Å². The molecule has 3 amide bonds. The summed E-state index contributed by atoms with van der Waals surface area (Å²) < 4.78 is 27.2. The second-order valence-corrected chi connectivity index (χ2v) is 5.87. The molecule has 3 rings (SSSR count). The minimum Gasteiger partial charge on any atom is -0.308 e. The maximum Gasteiger partial charge on any atom is 0.326 e. The summed E-state index contributed by atoms with van der Waals surface area (Å²) in [6.07, 6.45) is 3.88. The number of hydrogen-bond donors (Lipinski definition) is 2. The van der Waals surface area contributed by atoms with Crippen LogP contribution in [0.2, 0.25) is 0 Å². The molecule has 140 valence electrons. The van der Waals surface area contributed by atoms with Crippen molar-refractivity contribution in [2.24, 2.45) is 0 Å². The number of nitrogens with one attached hydrogen (secondary N) is 2. The maximum atomic E-state index is 13.6. The van der Waals surface area contributed by atoms with Crippen molar-refractivity contribution in [3.8, 4) is 0 Å². The first-order chi connectivity index (χ1) is 13.5. The highest BCUT2D eigenvalue weighted by Crippen LogP contribution is 2.14. The number of carbonyl (C=O) groups excluding carboxylic acids is 2. The molecule has 0 spiro atoms. The third-order valence-corrected chi connectivity index (χ3v) is 3.85. The van der Waals surface area contributed by atoms with Gasteiger partial charge < -0.3 is 5.32 Å². The SMILES string of the molecule is O=C(NC(=O)c1c(F)cccc1F)Nc1ccc(/C=C/c2ccccc2)cc1. The van der Waals surface area contributed by atoms with Crippen LogP contribution in [0.3, 0.4) is 0 Å². The maximum absolute atomic E-state index is 13.6.